The molecule has 110 valence electrons. The van der Waals surface area contributed by atoms with Gasteiger partial charge in [0, 0.05) is 17.5 Å². The van der Waals surface area contributed by atoms with Crippen LogP contribution >= 0.6 is 11.3 Å². The first kappa shape index (κ1) is 14.2. The summed E-state index contributed by atoms with van der Waals surface area (Å²) in [6.07, 6.45) is 0.282. The number of nitrogens with one attached hydrogen (secondary N) is 1. The summed E-state index contributed by atoms with van der Waals surface area (Å²) < 4.78 is 5.29. The van der Waals surface area contributed by atoms with Gasteiger partial charge in [-0.1, -0.05) is 5.16 Å². The zero-order valence-corrected chi connectivity index (χ0v) is 12.6. The highest BCUT2D eigenvalue weighted by molar-refractivity contribution is 7.09. The van der Waals surface area contributed by atoms with Crippen molar-refractivity contribution in [2.45, 2.75) is 13.3 Å². The topological polar surface area (TPSA) is 91.8 Å². The van der Waals surface area contributed by atoms with Gasteiger partial charge in [0.25, 0.3) is 5.91 Å². The minimum atomic E-state index is -0.223. The van der Waals surface area contributed by atoms with Crippen LogP contribution in [0.15, 0.2) is 28.1 Å². The molecule has 0 aliphatic carbocycles. The average molecular weight is 312 g/mol. The largest absolute Gasteiger partial charge is 0.356 e. The number of fused-ring (bicyclic) bond motifs is 1. The van der Waals surface area contributed by atoms with Gasteiger partial charge in [-0.15, -0.1) is 11.3 Å². The van der Waals surface area contributed by atoms with Crippen LogP contribution < -0.4 is 5.32 Å². The van der Waals surface area contributed by atoms with Crippen molar-refractivity contribution in [3.8, 4) is 17.5 Å². The van der Waals surface area contributed by atoms with Crippen molar-refractivity contribution in [3.05, 3.63) is 34.2 Å². The van der Waals surface area contributed by atoms with E-state index >= 15 is 0 Å². The molecule has 0 unspecified atom stereocenters. The first-order chi connectivity index (χ1) is 10.7. The molecule has 1 N–H and O–H groups in total. The lowest BCUT2D eigenvalue weighted by atomic mass is 10.1. The summed E-state index contributed by atoms with van der Waals surface area (Å²) >= 11 is 1.53. The molecule has 2 aromatic heterocycles. The standard InChI is InChI=1S/C15H12N4O2S/c1-9-18-12(8-22-9)14-11-7-10(3-4-13(11)21-19-14)15(20)17-6-2-5-16/h3-4,7-8H,2,6H2,1H3,(H,17,20). The summed E-state index contributed by atoms with van der Waals surface area (Å²) in [6, 6.07) is 7.10. The highest BCUT2D eigenvalue weighted by Crippen LogP contribution is 2.29. The quantitative estimate of drug-likeness (QED) is 0.748. The Hall–Kier alpha value is -2.72. The third kappa shape index (κ3) is 2.69. The molecule has 0 saturated carbocycles. The Morgan fingerprint density at radius 3 is 3.09 bits per heavy atom. The summed E-state index contributed by atoms with van der Waals surface area (Å²) in [7, 11) is 0. The molecule has 22 heavy (non-hydrogen) atoms. The second-order valence-electron chi connectivity index (χ2n) is 4.66. The third-order valence-electron chi connectivity index (χ3n) is 3.12. The average Bonchev–Trinajstić information content (AvgIpc) is 3.12. The highest BCUT2D eigenvalue weighted by atomic mass is 32.1. The molecule has 0 aliphatic heterocycles. The van der Waals surface area contributed by atoms with Crippen molar-refractivity contribution in [2.24, 2.45) is 0 Å². The molecule has 0 fully saturated rings. The Balaban J connectivity index is 1.95. The molecule has 6 nitrogen and oxygen atoms in total. The van der Waals surface area contributed by atoms with Gasteiger partial charge in [-0.25, -0.2) is 4.98 Å². The Bertz CT molecular complexity index is 875. The fourth-order valence-corrected chi connectivity index (χ4v) is 2.67. The Kier molecular flexibility index (Phi) is 3.85. The van der Waals surface area contributed by atoms with Crippen LogP contribution in [0.1, 0.15) is 21.8 Å². The molecular weight excluding hydrogens is 300 g/mol. The number of amides is 1. The number of aryl methyl sites for hydroxylation is 1. The molecule has 0 saturated heterocycles. The van der Waals surface area contributed by atoms with Crippen LogP contribution in [0.4, 0.5) is 0 Å². The van der Waals surface area contributed by atoms with Crippen LogP contribution in [-0.2, 0) is 0 Å². The maximum Gasteiger partial charge on any atom is 0.251 e. The fourth-order valence-electron chi connectivity index (χ4n) is 2.07. The Morgan fingerprint density at radius 1 is 1.50 bits per heavy atom. The number of thiazole rings is 1. The number of nitriles is 1. The van der Waals surface area contributed by atoms with Crippen molar-refractivity contribution in [1.82, 2.24) is 15.5 Å². The van der Waals surface area contributed by atoms with Crippen molar-refractivity contribution < 1.29 is 9.32 Å². The van der Waals surface area contributed by atoms with E-state index < -0.39 is 0 Å². The van der Waals surface area contributed by atoms with Gasteiger partial charge in [0.05, 0.1) is 22.9 Å². The van der Waals surface area contributed by atoms with E-state index in [1.54, 1.807) is 18.2 Å². The SMILES string of the molecule is Cc1nc(-c2noc3ccc(C(=O)NCCC#N)cc23)cs1. The van der Waals surface area contributed by atoms with E-state index in [0.717, 1.165) is 16.1 Å². The molecule has 1 amide bonds. The van der Waals surface area contributed by atoms with Crippen molar-refractivity contribution >= 4 is 28.2 Å². The van der Waals surface area contributed by atoms with Crippen LogP contribution in [0.25, 0.3) is 22.4 Å². The molecule has 3 rings (SSSR count). The van der Waals surface area contributed by atoms with E-state index in [1.165, 1.54) is 11.3 Å². The van der Waals surface area contributed by atoms with Crippen molar-refractivity contribution in [2.75, 3.05) is 6.54 Å². The van der Waals surface area contributed by atoms with Crippen molar-refractivity contribution in [3.63, 3.8) is 0 Å². The molecular formula is C15H12N4O2S. The number of nitrogens with zero attached hydrogens (tertiary/aromatic N) is 3. The maximum absolute atomic E-state index is 12.1. The fraction of sp³-hybridized carbons (Fsp3) is 0.200. The molecule has 1 aromatic carbocycles. The number of rotatable bonds is 4. The lowest BCUT2D eigenvalue weighted by Gasteiger charge is -2.02. The molecule has 7 heteroatoms. The summed E-state index contributed by atoms with van der Waals surface area (Å²) in [6.45, 7) is 2.25. The second-order valence-corrected chi connectivity index (χ2v) is 5.72. The Labute approximate surface area is 130 Å². The van der Waals surface area contributed by atoms with E-state index in [4.69, 9.17) is 9.78 Å². The zero-order chi connectivity index (χ0) is 15.5. The summed E-state index contributed by atoms with van der Waals surface area (Å²) in [5, 5.41) is 18.8. The lowest BCUT2D eigenvalue weighted by Crippen LogP contribution is -2.24. The summed E-state index contributed by atoms with van der Waals surface area (Å²) in [5.41, 5.74) is 2.48. The van der Waals surface area contributed by atoms with Gasteiger partial charge < -0.3 is 9.84 Å². The predicted octanol–water partition coefficient (Wildman–Crippen LogP) is 2.90. The van der Waals surface area contributed by atoms with Gasteiger partial charge in [0.2, 0.25) is 0 Å². The minimum Gasteiger partial charge on any atom is -0.356 e. The van der Waals surface area contributed by atoms with Crippen LogP contribution in [0, 0.1) is 18.3 Å². The van der Waals surface area contributed by atoms with Gasteiger partial charge >= 0.3 is 0 Å². The molecule has 0 atom stereocenters. The number of hydrogen-bond donors (Lipinski definition) is 1. The van der Waals surface area contributed by atoms with E-state index in [1.807, 2.05) is 18.4 Å². The number of benzene rings is 1. The van der Waals surface area contributed by atoms with Crippen LogP contribution in [-0.4, -0.2) is 22.6 Å². The van der Waals surface area contributed by atoms with E-state index in [0.29, 0.717) is 23.4 Å². The number of carbonyl (C=O) groups excluding carboxylic acids is 1. The van der Waals surface area contributed by atoms with Gasteiger partial charge in [0.15, 0.2) is 5.58 Å². The van der Waals surface area contributed by atoms with Gasteiger partial charge in [-0.2, -0.15) is 5.26 Å². The maximum atomic E-state index is 12.1. The third-order valence-corrected chi connectivity index (χ3v) is 3.89. The van der Waals surface area contributed by atoms with Gasteiger partial charge in [-0.3, -0.25) is 4.79 Å². The summed E-state index contributed by atoms with van der Waals surface area (Å²) in [5.74, 6) is -0.223. The van der Waals surface area contributed by atoms with E-state index in [9.17, 15) is 4.79 Å². The Morgan fingerprint density at radius 2 is 2.36 bits per heavy atom. The molecule has 3 aromatic rings. The lowest BCUT2D eigenvalue weighted by molar-refractivity contribution is 0.0954. The summed E-state index contributed by atoms with van der Waals surface area (Å²) in [4.78, 5) is 16.4. The van der Waals surface area contributed by atoms with Crippen LogP contribution in [0.3, 0.4) is 0 Å². The molecule has 0 spiro atoms. The monoisotopic (exact) mass is 312 g/mol. The highest BCUT2D eigenvalue weighted by Gasteiger charge is 2.15. The molecule has 2 heterocycles. The number of carbonyl (C=O) groups is 1. The van der Waals surface area contributed by atoms with Gasteiger partial charge in [0.1, 0.15) is 11.4 Å². The molecule has 0 radical (unpaired) electrons. The van der Waals surface area contributed by atoms with Crippen LogP contribution in [0.5, 0.6) is 0 Å². The van der Waals surface area contributed by atoms with Crippen LogP contribution in [0.2, 0.25) is 0 Å². The second kappa shape index (κ2) is 5.95. The van der Waals surface area contributed by atoms with Gasteiger partial charge in [-0.05, 0) is 25.1 Å². The first-order valence-electron chi connectivity index (χ1n) is 6.66. The molecule has 0 aliphatic rings. The molecule has 0 bridgehead atoms. The number of aromatic nitrogens is 2. The van der Waals surface area contributed by atoms with E-state index in [-0.39, 0.29) is 12.3 Å². The first-order valence-corrected chi connectivity index (χ1v) is 7.54. The minimum absolute atomic E-state index is 0.223. The number of hydrogen-bond acceptors (Lipinski definition) is 6. The van der Waals surface area contributed by atoms with E-state index in [2.05, 4.69) is 15.5 Å². The smallest absolute Gasteiger partial charge is 0.251 e. The normalized spacial score (nSPS) is 10.5. The predicted molar refractivity (Wildman–Crippen MR) is 82.4 cm³/mol. The zero-order valence-electron chi connectivity index (χ0n) is 11.8. The van der Waals surface area contributed by atoms with Crippen molar-refractivity contribution in [1.29, 1.82) is 5.26 Å².